The lowest BCUT2D eigenvalue weighted by Crippen LogP contribution is -2.32. The maximum absolute atomic E-state index is 12.9. The second kappa shape index (κ2) is 12.5. The van der Waals surface area contributed by atoms with Crippen LogP contribution in [0.15, 0.2) is 53.6 Å². The highest BCUT2D eigenvalue weighted by Crippen LogP contribution is 2.31. The van der Waals surface area contributed by atoms with E-state index in [1.807, 2.05) is 19.1 Å². The first-order valence-electron chi connectivity index (χ1n) is 13.8. The summed E-state index contributed by atoms with van der Waals surface area (Å²) in [6, 6.07) is 12.1. The predicted octanol–water partition coefficient (Wildman–Crippen LogP) is 5.48. The molecule has 2 aromatic carbocycles. The molecule has 0 aliphatic heterocycles. The Balaban J connectivity index is 1.38. The molecule has 0 radical (unpaired) electrons. The Morgan fingerprint density at radius 2 is 1.79 bits per heavy atom. The maximum atomic E-state index is 12.9. The smallest absolute Gasteiger partial charge is 0.404 e. The van der Waals surface area contributed by atoms with E-state index in [1.54, 1.807) is 24.4 Å². The van der Waals surface area contributed by atoms with Crippen LogP contribution in [-0.4, -0.2) is 46.8 Å². The number of fused-ring (bicyclic) bond motifs is 1. The van der Waals surface area contributed by atoms with Gasteiger partial charge in [0.25, 0.3) is 10.0 Å². The van der Waals surface area contributed by atoms with Crippen LogP contribution in [0, 0.1) is 0 Å². The van der Waals surface area contributed by atoms with Crippen LogP contribution in [-0.2, 0) is 27.6 Å². The quantitative estimate of drug-likeness (QED) is 0.223. The van der Waals surface area contributed by atoms with E-state index in [4.69, 9.17) is 27.1 Å². The highest BCUT2D eigenvalue weighted by Gasteiger charge is 2.24. The number of hydrogen-bond donors (Lipinski definition) is 3. The van der Waals surface area contributed by atoms with Crippen molar-refractivity contribution in [2.75, 3.05) is 10.0 Å². The van der Waals surface area contributed by atoms with Crippen LogP contribution in [0.2, 0.25) is 5.02 Å². The Morgan fingerprint density at radius 1 is 1.05 bits per heavy atom. The van der Waals surface area contributed by atoms with Gasteiger partial charge in [0.1, 0.15) is 11.0 Å². The number of aryl methyl sites for hydroxylation is 2. The lowest BCUT2D eigenvalue weighted by atomic mass is 9.93. The normalized spacial score (nSPS) is 17.1. The highest BCUT2D eigenvalue weighted by atomic mass is 35.5. The van der Waals surface area contributed by atoms with Crippen LogP contribution in [0.1, 0.15) is 50.7 Å². The molecule has 42 heavy (non-hydrogen) atoms. The summed E-state index contributed by atoms with van der Waals surface area (Å²) in [6.07, 6.45) is 5.37. The molecule has 0 atom stereocenters. The molecule has 11 nitrogen and oxygen atoms in total. The van der Waals surface area contributed by atoms with Crippen LogP contribution in [0.25, 0.3) is 22.2 Å². The second-order valence-electron chi connectivity index (χ2n) is 10.2. The van der Waals surface area contributed by atoms with Crippen molar-refractivity contribution in [3.8, 4) is 11.3 Å². The summed E-state index contributed by atoms with van der Waals surface area (Å²) in [5, 5.41) is 13.0. The van der Waals surface area contributed by atoms with Gasteiger partial charge < -0.3 is 15.8 Å². The van der Waals surface area contributed by atoms with Crippen LogP contribution in [0.3, 0.4) is 0 Å². The number of nitrogens with one attached hydrogen (secondary N) is 2. The third-order valence-corrected chi connectivity index (χ3v) is 9.18. The predicted molar refractivity (Wildman–Crippen MR) is 162 cm³/mol. The van der Waals surface area contributed by atoms with Crippen molar-refractivity contribution < 1.29 is 17.9 Å². The number of aromatic nitrogens is 4. The zero-order valence-electron chi connectivity index (χ0n) is 23.3. The van der Waals surface area contributed by atoms with E-state index < -0.39 is 16.1 Å². The van der Waals surface area contributed by atoms with Crippen molar-refractivity contribution in [1.29, 1.82) is 0 Å². The number of carbonyl (C=O) groups excluding carboxylic acids is 1. The summed E-state index contributed by atoms with van der Waals surface area (Å²) in [5.41, 5.74) is 9.36. The molecule has 1 fully saturated rings. The number of sulfonamides is 1. The van der Waals surface area contributed by atoms with E-state index in [9.17, 15) is 13.2 Å². The van der Waals surface area contributed by atoms with Gasteiger partial charge in [0.05, 0.1) is 16.2 Å². The number of rotatable bonds is 9. The minimum Gasteiger partial charge on any atom is -0.446 e. The Bertz CT molecular complexity index is 1730. The lowest BCUT2D eigenvalue weighted by Gasteiger charge is -2.28. The fraction of sp³-hybridized carbons (Fsp3) is 0.345. The first kappa shape index (κ1) is 29.5. The van der Waals surface area contributed by atoms with Crippen LogP contribution in [0.4, 0.5) is 16.6 Å². The number of nitrogens with two attached hydrogens (primary N) is 1. The number of carbonyl (C=O) groups is 1. The van der Waals surface area contributed by atoms with Crippen LogP contribution >= 0.6 is 11.6 Å². The van der Waals surface area contributed by atoms with Gasteiger partial charge in [-0.05, 0) is 80.0 Å². The van der Waals surface area contributed by atoms with Crippen molar-refractivity contribution in [2.45, 2.75) is 69.4 Å². The first-order valence-corrected chi connectivity index (χ1v) is 15.7. The van der Waals surface area contributed by atoms with Gasteiger partial charge in [-0.1, -0.05) is 37.6 Å². The molecule has 220 valence electrons. The molecule has 5 rings (SSSR count). The number of primary amides is 1. The van der Waals surface area contributed by atoms with E-state index in [0.29, 0.717) is 18.1 Å². The molecule has 1 amide bonds. The second-order valence-corrected chi connectivity index (χ2v) is 12.2. The van der Waals surface area contributed by atoms with E-state index in [1.165, 1.54) is 12.1 Å². The van der Waals surface area contributed by atoms with Gasteiger partial charge in [0.15, 0.2) is 5.82 Å². The molecule has 1 aliphatic rings. The number of anilines is 2. The summed E-state index contributed by atoms with van der Waals surface area (Å²) >= 11 is 6.11. The summed E-state index contributed by atoms with van der Waals surface area (Å²) < 4.78 is 33.4. The molecule has 0 bridgehead atoms. The van der Waals surface area contributed by atoms with Gasteiger partial charge in [-0.2, -0.15) is 0 Å². The van der Waals surface area contributed by atoms with Crippen molar-refractivity contribution in [2.24, 2.45) is 5.73 Å². The molecule has 2 heterocycles. The Kier molecular flexibility index (Phi) is 8.74. The zero-order valence-corrected chi connectivity index (χ0v) is 24.9. The fourth-order valence-corrected chi connectivity index (χ4v) is 6.72. The minimum atomic E-state index is -3.94. The van der Waals surface area contributed by atoms with Crippen molar-refractivity contribution in [3.05, 3.63) is 64.8 Å². The molecule has 0 saturated heterocycles. The van der Waals surface area contributed by atoms with E-state index >= 15 is 0 Å². The van der Waals surface area contributed by atoms with Crippen molar-refractivity contribution in [1.82, 2.24) is 20.2 Å². The molecular formula is C29H32ClN7O4S. The van der Waals surface area contributed by atoms with Crippen molar-refractivity contribution >= 4 is 50.4 Å². The Labute approximate surface area is 249 Å². The van der Waals surface area contributed by atoms with Crippen LogP contribution in [0.5, 0.6) is 0 Å². The van der Waals surface area contributed by atoms with Gasteiger partial charge in [0.2, 0.25) is 5.95 Å². The average Bonchev–Trinajstić information content (AvgIpc) is 2.97. The van der Waals surface area contributed by atoms with Crippen molar-refractivity contribution in [3.63, 3.8) is 0 Å². The number of nitrogens with zero attached hydrogens (tertiary/aromatic N) is 4. The zero-order chi connectivity index (χ0) is 29.9. The lowest BCUT2D eigenvalue weighted by molar-refractivity contribution is 0.0805. The highest BCUT2D eigenvalue weighted by molar-refractivity contribution is 7.92. The van der Waals surface area contributed by atoms with Gasteiger partial charge in [-0.25, -0.2) is 23.2 Å². The molecule has 13 heteroatoms. The standard InChI is InChI=1S/C29H32ClN7O4S/c1-3-17-13-19(14-20-16-32-29(34-26(17)20)33-21-9-11-22(12-10-21)41-28(31)38)27-18(4-2)15-25(35-36-27)37-42(39,40)24-8-6-5-7-23(24)30/h5-8,13-16,21-22H,3-4,9-12H2,1-2H3,(H2,31,38)(H,35,37)(H,32,33,34). The summed E-state index contributed by atoms with van der Waals surface area (Å²) in [4.78, 5) is 20.4. The van der Waals surface area contributed by atoms with E-state index in [0.717, 1.165) is 59.7 Å². The maximum Gasteiger partial charge on any atom is 0.404 e. The number of benzene rings is 2. The number of hydrogen-bond acceptors (Lipinski definition) is 9. The van der Waals surface area contributed by atoms with Gasteiger partial charge in [0, 0.05) is 23.2 Å². The molecule has 1 saturated carbocycles. The largest absolute Gasteiger partial charge is 0.446 e. The number of halogens is 1. The van der Waals surface area contributed by atoms with Gasteiger partial charge >= 0.3 is 6.09 Å². The molecule has 2 aromatic heterocycles. The summed E-state index contributed by atoms with van der Waals surface area (Å²) in [6.45, 7) is 4.04. The summed E-state index contributed by atoms with van der Waals surface area (Å²) in [5.74, 6) is 0.662. The molecule has 4 N–H and O–H groups in total. The van der Waals surface area contributed by atoms with Gasteiger partial charge in [-0.15, -0.1) is 10.2 Å². The molecule has 1 aliphatic carbocycles. The average molecular weight is 610 g/mol. The molecule has 0 unspecified atom stereocenters. The molecule has 4 aromatic rings. The van der Waals surface area contributed by atoms with E-state index in [-0.39, 0.29) is 27.9 Å². The van der Waals surface area contributed by atoms with E-state index in [2.05, 4.69) is 32.1 Å². The fourth-order valence-electron chi connectivity index (χ4n) is 5.22. The number of ether oxygens (including phenoxy) is 1. The SMILES string of the molecule is CCc1cc(NS(=O)(=O)c2ccccc2Cl)nnc1-c1cc(CC)c2nc(NC3CCC(OC(N)=O)CC3)ncc2c1. The molecule has 0 spiro atoms. The summed E-state index contributed by atoms with van der Waals surface area (Å²) in [7, 11) is -3.94. The monoisotopic (exact) mass is 609 g/mol. The topological polar surface area (TPSA) is 162 Å². The third kappa shape index (κ3) is 6.55. The Morgan fingerprint density at radius 3 is 2.48 bits per heavy atom. The van der Waals surface area contributed by atoms with Gasteiger partial charge in [-0.3, -0.25) is 4.72 Å². The molecular weight excluding hydrogens is 578 g/mol. The third-order valence-electron chi connectivity index (χ3n) is 7.33. The van der Waals surface area contributed by atoms with Crippen LogP contribution < -0.4 is 15.8 Å². The number of amides is 1. The minimum absolute atomic E-state index is 0.0312. The first-order chi connectivity index (χ1) is 20.2. The Hall–Kier alpha value is -4.03.